The second kappa shape index (κ2) is 11.7. The molecule has 15 heteroatoms. The Morgan fingerprint density at radius 1 is 1.27 bits per heavy atom. The van der Waals surface area contributed by atoms with Crippen LogP contribution < -0.4 is 20.9 Å². The molecule has 1 aliphatic rings. The van der Waals surface area contributed by atoms with E-state index in [9.17, 15) is 28.4 Å². The first kappa shape index (κ1) is 28.7. The topological polar surface area (TPSA) is 158 Å². The summed E-state index contributed by atoms with van der Waals surface area (Å²) in [5.41, 5.74) is -4.99. The van der Waals surface area contributed by atoms with E-state index >= 15 is 4.39 Å². The number of hydrogen-bond acceptors (Lipinski definition) is 9. The lowest BCUT2D eigenvalue weighted by Gasteiger charge is -2.26. The first-order valence-electron chi connectivity index (χ1n) is 11.3. The lowest BCUT2D eigenvalue weighted by atomic mass is 9.97. The molecule has 2 heterocycles. The third-order valence-corrected chi connectivity index (χ3v) is 6.95. The van der Waals surface area contributed by atoms with Gasteiger partial charge in [-0.25, -0.2) is 18.1 Å². The number of rotatable bonds is 11. The molecule has 37 heavy (non-hydrogen) atoms. The number of carbonyl (C=O) groups is 1. The van der Waals surface area contributed by atoms with Crippen LogP contribution in [-0.2, 0) is 23.4 Å². The number of aromatic nitrogens is 2. The van der Waals surface area contributed by atoms with Gasteiger partial charge >= 0.3 is 19.4 Å². The third kappa shape index (κ3) is 6.70. The summed E-state index contributed by atoms with van der Waals surface area (Å²) < 4.78 is 64.7. The molecule has 6 atom stereocenters. The Balaban J connectivity index is 1.83. The number of ether oxygens (including phenoxy) is 2. The number of aliphatic hydroxyl groups is 1. The SMILES string of the molecule is CC(C)OC(=O)[C@H](C)N[P@](=O)(OC[C@H]1O[C@@H](n2ccc(=O)[nH]c2=O)[C@@](F)(CF)[C@@H]1O)Oc1ccccc1. The van der Waals surface area contributed by atoms with Crippen LogP contribution in [0.25, 0.3) is 0 Å². The van der Waals surface area contributed by atoms with Crippen molar-refractivity contribution in [1.82, 2.24) is 14.6 Å². The van der Waals surface area contributed by atoms with E-state index in [-0.39, 0.29) is 5.75 Å². The number of alkyl halides is 2. The average molecular weight is 547 g/mol. The molecule has 12 nitrogen and oxygen atoms in total. The molecule has 0 saturated carbocycles. The summed E-state index contributed by atoms with van der Waals surface area (Å²) in [7, 11) is -4.41. The van der Waals surface area contributed by atoms with E-state index in [1.54, 1.807) is 32.0 Å². The van der Waals surface area contributed by atoms with E-state index in [1.807, 2.05) is 4.98 Å². The number of carbonyl (C=O) groups excluding carboxylic acids is 1. The lowest BCUT2D eigenvalue weighted by molar-refractivity contribution is -0.149. The van der Waals surface area contributed by atoms with Gasteiger partial charge in [0.15, 0.2) is 6.23 Å². The number of aliphatic hydroxyl groups excluding tert-OH is 1. The van der Waals surface area contributed by atoms with Gasteiger partial charge in [-0.05, 0) is 32.9 Å². The summed E-state index contributed by atoms with van der Waals surface area (Å²) in [6.07, 6.45) is -5.35. The Kier molecular flexibility index (Phi) is 9.03. The first-order chi connectivity index (χ1) is 17.4. The monoisotopic (exact) mass is 547 g/mol. The predicted octanol–water partition coefficient (Wildman–Crippen LogP) is 1.61. The zero-order valence-corrected chi connectivity index (χ0v) is 21.1. The minimum Gasteiger partial charge on any atom is -0.462 e. The average Bonchev–Trinajstić information content (AvgIpc) is 3.08. The van der Waals surface area contributed by atoms with E-state index < -0.39 is 74.5 Å². The Bertz CT molecular complexity index is 1240. The van der Waals surface area contributed by atoms with Crippen LogP contribution in [0.3, 0.4) is 0 Å². The number of hydrogen-bond donors (Lipinski definition) is 3. The Labute approximate surface area is 210 Å². The number of esters is 1. The molecule has 0 amide bonds. The molecule has 1 aliphatic heterocycles. The number of nitrogens with zero attached hydrogens (tertiary/aromatic N) is 1. The smallest absolute Gasteiger partial charge is 0.459 e. The summed E-state index contributed by atoms with van der Waals surface area (Å²) in [5.74, 6) is -0.665. The van der Waals surface area contributed by atoms with Crippen molar-refractivity contribution in [2.75, 3.05) is 13.3 Å². The second-order valence-corrected chi connectivity index (χ2v) is 10.3. The largest absolute Gasteiger partial charge is 0.462 e. The highest BCUT2D eigenvalue weighted by Gasteiger charge is 2.59. The highest BCUT2D eigenvalue weighted by Crippen LogP contribution is 2.47. The summed E-state index contributed by atoms with van der Waals surface area (Å²) in [6.45, 7) is 2.04. The summed E-state index contributed by atoms with van der Waals surface area (Å²) >= 11 is 0. The zero-order chi connectivity index (χ0) is 27.4. The molecule has 0 bridgehead atoms. The number of para-hydroxylation sites is 1. The summed E-state index contributed by atoms with van der Waals surface area (Å²) in [4.78, 5) is 37.6. The van der Waals surface area contributed by atoms with Crippen LogP contribution in [0.2, 0.25) is 0 Å². The molecule has 0 aliphatic carbocycles. The molecule has 3 rings (SSSR count). The molecule has 1 fully saturated rings. The fourth-order valence-electron chi connectivity index (χ4n) is 3.50. The van der Waals surface area contributed by atoms with Crippen LogP contribution >= 0.6 is 7.75 Å². The standard InChI is InChI=1S/C22H28F2N3O9P/c1-13(2)34-19(30)14(3)26-37(32,36-15-7-5-4-6-8-15)33-11-16-18(29)22(24,12-23)20(35-16)27-10-9-17(28)25-21(27)31/h4-10,13-14,16,18,20,29H,11-12H2,1-3H3,(H,26,32)(H,25,28,31)/t14-,16+,18+,20+,22+,37-/m0/s1. The zero-order valence-electron chi connectivity index (χ0n) is 20.2. The highest BCUT2D eigenvalue weighted by atomic mass is 31.2. The van der Waals surface area contributed by atoms with Crippen LogP contribution in [0, 0.1) is 0 Å². The molecular weight excluding hydrogens is 519 g/mol. The minimum absolute atomic E-state index is 0.0944. The van der Waals surface area contributed by atoms with Gasteiger partial charge in [-0.2, -0.15) is 5.09 Å². The van der Waals surface area contributed by atoms with Crippen molar-refractivity contribution in [3.8, 4) is 5.75 Å². The van der Waals surface area contributed by atoms with Crippen LogP contribution in [0.5, 0.6) is 5.75 Å². The van der Waals surface area contributed by atoms with Crippen molar-refractivity contribution >= 4 is 13.7 Å². The molecule has 1 saturated heterocycles. The predicted molar refractivity (Wildman–Crippen MR) is 126 cm³/mol. The van der Waals surface area contributed by atoms with Crippen LogP contribution in [-0.4, -0.2) is 63.9 Å². The van der Waals surface area contributed by atoms with E-state index in [4.69, 9.17) is 18.5 Å². The third-order valence-electron chi connectivity index (χ3n) is 5.30. The maximum absolute atomic E-state index is 15.5. The van der Waals surface area contributed by atoms with Gasteiger partial charge in [-0.3, -0.25) is 23.7 Å². The van der Waals surface area contributed by atoms with Crippen molar-refractivity contribution in [3.63, 3.8) is 0 Å². The maximum Gasteiger partial charge on any atom is 0.459 e. The quantitative estimate of drug-likeness (QED) is 0.279. The normalized spacial score (nSPS) is 26.0. The fraction of sp³-hybridized carbons (Fsp3) is 0.500. The lowest BCUT2D eigenvalue weighted by Crippen LogP contribution is -2.47. The molecular formula is C22H28F2N3O9P. The molecule has 0 spiro atoms. The number of H-pyrrole nitrogens is 1. The molecule has 0 unspecified atom stereocenters. The van der Waals surface area contributed by atoms with Crippen LogP contribution in [0.4, 0.5) is 8.78 Å². The second-order valence-electron chi connectivity index (χ2n) is 8.58. The molecule has 1 aromatic heterocycles. The van der Waals surface area contributed by atoms with E-state index in [1.165, 1.54) is 19.1 Å². The number of halogens is 2. The van der Waals surface area contributed by atoms with Gasteiger partial charge in [0.1, 0.15) is 30.7 Å². The van der Waals surface area contributed by atoms with Gasteiger partial charge < -0.3 is 19.1 Å². The first-order valence-corrected chi connectivity index (χ1v) is 12.8. The van der Waals surface area contributed by atoms with Gasteiger partial charge in [0.2, 0.25) is 5.67 Å². The Morgan fingerprint density at radius 3 is 2.54 bits per heavy atom. The molecule has 3 N–H and O–H groups in total. The van der Waals surface area contributed by atoms with Gasteiger partial charge in [-0.15, -0.1) is 0 Å². The molecule has 2 aromatic rings. The number of benzene rings is 1. The Morgan fingerprint density at radius 2 is 1.95 bits per heavy atom. The molecule has 1 aromatic carbocycles. The van der Waals surface area contributed by atoms with Gasteiger partial charge in [0, 0.05) is 12.3 Å². The van der Waals surface area contributed by atoms with Crippen LogP contribution in [0.15, 0.2) is 52.2 Å². The van der Waals surface area contributed by atoms with Gasteiger partial charge in [0.25, 0.3) is 5.56 Å². The van der Waals surface area contributed by atoms with Crippen molar-refractivity contribution in [2.45, 2.75) is 57.0 Å². The fourth-order valence-corrected chi connectivity index (χ4v) is 5.00. The van der Waals surface area contributed by atoms with Crippen molar-refractivity contribution in [1.29, 1.82) is 0 Å². The minimum atomic E-state index is -4.41. The van der Waals surface area contributed by atoms with E-state index in [2.05, 4.69) is 5.09 Å². The van der Waals surface area contributed by atoms with Crippen molar-refractivity contribution < 1.29 is 41.8 Å². The Hall–Kier alpha value is -2.90. The van der Waals surface area contributed by atoms with Crippen molar-refractivity contribution in [2.24, 2.45) is 0 Å². The molecule has 204 valence electrons. The summed E-state index contributed by atoms with van der Waals surface area (Å²) in [5, 5.41) is 12.9. The van der Waals surface area contributed by atoms with Crippen molar-refractivity contribution in [3.05, 3.63) is 63.4 Å². The number of nitrogens with one attached hydrogen (secondary N) is 2. The van der Waals surface area contributed by atoms with Gasteiger partial charge in [0.05, 0.1) is 12.7 Å². The number of aromatic amines is 1. The highest BCUT2D eigenvalue weighted by molar-refractivity contribution is 7.52. The summed E-state index contributed by atoms with van der Waals surface area (Å²) in [6, 6.07) is 7.49. The van der Waals surface area contributed by atoms with E-state index in [0.29, 0.717) is 4.57 Å². The van der Waals surface area contributed by atoms with Gasteiger partial charge in [-0.1, -0.05) is 18.2 Å². The van der Waals surface area contributed by atoms with Crippen LogP contribution in [0.1, 0.15) is 27.0 Å². The maximum atomic E-state index is 15.5. The molecule has 0 radical (unpaired) electrons. The van der Waals surface area contributed by atoms with E-state index in [0.717, 1.165) is 12.3 Å².